The second-order valence-corrected chi connectivity index (χ2v) is 11.7. The van der Waals surface area contributed by atoms with Gasteiger partial charge >= 0.3 is 0 Å². The molecule has 3 aromatic rings. The largest absolute Gasteiger partial charge is 0.352 e. The SMILES string of the molecule is Cc1ccccc1-n1nc(C(C)(C)C)c2c1N(CC(=O)NC1CC1)C(=O)CS[C@H]2c1cccc(F)c1. The van der Waals surface area contributed by atoms with Crippen LogP contribution >= 0.6 is 11.8 Å². The summed E-state index contributed by atoms with van der Waals surface area (Å²) >= 11 is 1.45. The molecule has 0 radical (unpaired) electrons. The molecule has 0 unspecified atom stereocenters. The number of amides is 2. The standard InChI is InChI=1S/C28H31FN4O2S/c1-17-8-5-6-11-21(17)33-27-24(26(31-33)28(2,3)4)25(18-9-7-10-19(29)14-18)36-16-23(35)32(27)15-22(34)30-20-12-13-20/h5-11,14,20,25H,12-13,15-16H2,1-4H3,(H,30,34)/t25-/m0/s1. The van der Waals surface area contributed by atoms with Crippen molar-refractivity contribution >= 4 is 29.4 Å². The highest BCUT2D eigenvalue weighted by atomic mass is 32.2. The Morgan fingerprint density at radius 1 is 1.17 bits per heavy atom. The smallest absolute Gasteiger partial charge is 0.240 e. The van der Waals surface area contributed by atoms with E-state index < -0.39 is 0 Å². The van der Waals surface area contributed by atoms with Gasteiger partial charge in [0.15, 0.2) is 0 Å². The third-order valence-corrected chi connectivity index (χ3v) is 7.79. The Kier molecular flexibility index (Phi) is 6.41. The second-order valence-electron chi connectivity index (χ2n) is 10.6. The zero-order valence-corrected chi connectivity index (χ0v) is 21.9. The van der Waals surface area contributed by atoms with E-state index in [-0.39, 0.29) is 46.6 Å². The second kappa shape index (κ2) is 9.39. The third kappa shape index (κ3) is 4.78. The van der Waals surface area contributed by atoms with Crippen molar-refractivity contribution < 1.29 is 14.0 Å². The summed E-state index contributed by atoms with van der Waals surface area (Å²) in [7, 11) is 0. The fourth-order valence-electron chi connectivity index (χ4n) is 4.62. The summed E-state index contributed by atoms with van der Waals surface area (Å²) in [5.41, 5.74) is 3.93. The van der Waals surface area contributed by atoms with E-state index in [2.05, 4.69) is 26.1 Å². The molecule has 5 rings (SSSR count). The van der Waals surface area contributed by atoms with Crippen molar-refractivity contribution in [3.05, 3.63) is 76.7 Å². The minimum absolute atomic E-state index is 0.0834. The summed E-state index contributed by atoms with van der Waals surface area (Å²) < 4.78 is 16.2. The lowest BCUT2D eigenvalue weighted by Crippen LogP contribution is -2.43. The van der Waals surface area contributed by atoms with Crippen LogP contribution in [0.1, 0.15) is 61.2 Å². The van der Waals surface area contributed by atoms with Gasteiger partial charge in [-0.05, 0) is 49.1 Å². The molecule has 1 atom stereocenters. The first-order chi connectivity index (χ1) is 17.1. The van der Waals surface area contributed by atoms with Crippen LogP contribution in [-0.4, -0.2) is 39.9 Å². The maximum Gasteiger partial charge on any atom is 0.240 e. The molecule has 6 nitrogen and oxygen atoms in total. The van der Waals surface area contributed by atoms with E-state index in [1.165, 1.54) is 23.9 Å². The van der Waals surface area contributed by atoms with Crippen LogP contribution < -0.4 is 10.2 Å². The number of aromatic nitrogens is 2. The Bertz CT molecular complexity index is 1330. The molecule has 1 aliphatic heterocycles. The van der Waals surface area contributed by atoms with E-state index >= 15 is 0 Å². The first-order valence-electron chi connectivity index (χ1n) is 12.3. The lowest BCUT2D eigenvalue weighted by atomic mass is 9.87. The Balaban J connectivity index is 1.76. The number of thioether (sulfide) groups is 1. The lowest BCUT2D eigenvalue weighted by molar-refractivity contribution is -0.123. The molecular weight excluding hydrogens is 475 g/mol. The first kappa shape index (κ1) is 24.6. The number of anilines is 1. The molecule has 0 spiro atoms. The molecule has 2 aromatic carbocycles. The van der Waals surface area contributed by atoms with Crippen LogP contribution in [-0.2, 0) is 15.0 Å². The highest BCUT2D eigenvalue weighted by Crippen LogP contribution is 2.48. The molecule has 188 valence electrons. The minimum atomic E-state index is -0.362. The van der Waals surface area contributed by atoms with Gasteiger partial charge in [0.1, 0.15) is 18.2 Å². The first-order valence-corrected chi connectivity index (χ1v) is 13.3. The highest BCUT2D eigenvalue weighted by molar-refractivity contribution is 8.00. The van der Waals surface area contributed by atoms with Gasteiger partial charge in [-0.2, -0.15) is 5.10 Å². The van der Waals surface area contributed by atoms with Crippen molar-refractivity contribution in [2.24, 2.45) is 0 Å². The molecule has 8 heteroatoms. The number of aryl methyl sites for hydroxylation is 1. The molecule has 2 aliphatic rings. The summed E-state index contributed by atoms with van der Waals surface area (Å²) in [6.07, 6.45) is 1.94. The zero-order valence-electron chi connectivity index (χ0n) is 21.0. The maximum absolute atomic E-state index is 14.3. The number of halogens is 1. The number of benzene rings is 2. The number of nitrogens with one attached hydrogen (secondary N) is 1. The molecule has 1 fully saturated rings. The summed E-state index contributed by atoms with van der Waals surface area (Å²) in [6.45, 7) is 8.17. The molecular formula is C28H31FN4O2S. The van der Waals surface area contributed by atoms with Crippen LogP contribution in [0.5, 0.6) is 0 Å². The van der Waals surface area contributed by atoms with E-state index in [0.29, 0.717) is 5.82 Å². The van der Waals surface area contributed by atoms with E-state index in [0.717, 1.165) is 40.9 Å². The van der Waals surface area contributed by atoms with Crippen LogP contribution in [0, 0.1) is 12.7 Å². The molecule has 0 saturated heterocycles. The van der Waals surface area contributed by atoms with Crippen LogP contribution in [0.4, 0.5) is 10.2 Å². The molecule has 2 heterocycles. The van der Waals surface area contributed by atoms with Crippen LogP contribution in [0.25, 0.3) is 5.69 Å². The number of carbonyl (C=O) groups excluding carboxylic acids is 2. The summed E-state index contributed by atoms with van der Waals surface area (Å²) in [5, 5.41) is 7.78. The number of nitrogens with zero attached hydrogens (tertiary/aromatic N) is 3. The van der Waals surface area contributed by atoms with E-state index in [4.69, 9.17) is 5.10 Å². The van der Waals surface area contributed by atoms with Crippen LogP contribution in [0.3, 0.4) is 0 Å². The predicted octanol–water partition coefficient (Wildman–Crippen LogP) is 5.07. The quantitative estimate of drug-likeness (QED) is 0.525. The Hall–Kier alpha value is -3.13. The third-order valence-electron chi connectivity index (χ3n) is 6.54. The van der Waals surface area contributed by atoms with E-state index in [1.807, 2.05) is 41.9 Å². The molecule has 1 aromatic heterocycles. The average molecular weight is 507 g/mol. The van der Waals surface area contributed by atoms with E-state index in [9.17, 15) is 14.0 Å². The van der Waals surface area contributed by atoms with Gasteiger partial charge in [-0.25, -0.2) is 9.07 Å². The highest BCUT2D eigenvalue weighted by Gasteiger charge is 2.40. The van der Waals surface area contributed by atoms with Gasteiger partial charge in [0, 0.05) is 17.0 Å². The fourth-order valence-corrected chi connectivity index (χ4v) is 5.81. The van der Waals surface area contributed by atoms with Gasteiger partial charge in [0.25, 0.3) is 0 Å². The predicted molar refractivity (Wildman–Crippen MR) is 141 cm³/mol. The average Bonchev–Trinajstić information content (AvgIpc) is 3.56. The van der Waals surface area contributed by atoms with Crippen molar-refractivity contribution in [1.82, 2.24) is 15.1 Å². The Morgan fingerprint density at radius 2 is 1.92 bits per heavy atom. The maximum atomic E-state index is 14.3. The van der Waals surface area contributed by atoms with Gasteiger partial charge in [0.05, 0.1) is 22.4 Å². The molecule has 36 heavy (non-hydrogen) atoms. The summed E-state index contributed by atoms with van der Waals surface area (Å²) in [4.78, 5) is 28.1. The number of carbonyl (C=O) groups is 2. The molecule has 2 amide bonds. The number of para-hydroxylation sites is 1. The van der Waals surface area contributed by atoms with Crippen LogP contribution in [0.2, 0.25) is 0 Å². The van der Waals surface area contributed by atoms with Gasteiger partial charge in [0.2, 0.25) is 11.8 Å². The van der Waals surface area contributed by atoms with Gasteiger partial charge < -0.3 is 5.32 Å². The number of fused-ring (bicyclic) bond motifs is 1. The monoisotopic (exact) mass is 506 g/mol. The number of hydrogen-bond acceptors (Lipinski definition) is 4. The fraction of sp³-hybridized carbons (Fsp3) is 0.393. The normalized spacial score (nSPS) is 18.1. The van der Waals surface area contributed by atoms with Crippen LogP contribution in [0.15, 0.2) is 48.5 Å². The molecule has 1 saturated carbocycles. The Labute approximate surface area is 215 Å². The van der Waals surface area contributed by atoms with Gasteiger partial charge in [-0.3, -0.25) is 14.5 Å². The van der Waals surface area contributed by atoms with Crippen molar-refractivity contribution in [2.75, 3.05) is 17.2 Å². The van der Waals surface area contributed by atoms with Gasteiger partial charge in [-0.15, -0.1) is 11.8 Å². The Morgan fingerprint density at radius 3 is 2.58 bits per heavy atom. The van der Waals surface area contributed by atoms with Crippen molar-refractivity contribution in [2.45, 2.75) is 57.2 Å². The lowest BCUT2D eigenvalue weighted by Gasteiger charge is -2.24. The van der Waals surface area contributed by atoms with Gasteiger partial charge in [-0.1, -0.05) is 51.1 Å². The summed E-state index contributed by atoms with van der Waals surface area (Å²) in [6, 6.07) is 14.6. The number of hydrogen-bond donors (Lipinski definition) is 1. The van der Waals surface area contributed by atoms with E-state index in [1.54, 1.807) is 11.0 Å². The molecule has 1 aliphatic carbocycles. The van der Waals surface area contributed by atoms with Crippen molar-refractivity contribution in [1.29, 1.82) is 0 Å². The zero-order chi connectivity index (χ0) is 25.6. The summed E-state index contributed by atoms with van der Waals surface area (Å²) in [5.74, 6) is 0.0882. The number of rotatable bonds is 5. The van der Waals surface area contributed by atoms with Crippen molar-refractivity contribution in [3.63, 3.8) is 0 Å². The molecule has 1 N–H and O–H groups in total. The van der Waals surface area contributed by atoms with Crippen molar-refractivity contribution in [3.8, 4) is 5.69 Å². The minimum Gasteiger partial charge on any atom is -0.352 e. The molecule has 0 bridgehead atoms. The topological polar surface area (TPSA) is 67.2 Å².